The van der Waals surface area contributed by atoms with E-state index in [-0.39, 0.29) is 6.54 Å². The minimum atomic E-state index is 0.276. The predicted molar refractivity (Wildman–Crippen MR) is 45.7 cm³/mol. The molecule has 12 heavy (non-hydrogen) atoms. The number of halogens is 2. The van der Waals surface area contributed by atoms with Crippen LogP contribution in [0.25, 0.3) is 0 Å². The van der Waals surface area contributed by atoms with E-state index in [0.717, 1.165) is 5.75 Å². The fourth-order valence-corrected chi connectivity index (χ4v) is 1.34. The molecule has 64 valence electrons. The van der Waals surface area contributed by atoms with E-state index in [2.05, 4.69) is 0 Å². The van der Waals surface area contributed by atoms with E-state index in [1.54, 1.807) is 19.1 Å². The Morgan fingerprint density at radius 1 is 1.58 bits per heavy atom. The second kappa shape index (κ2) is 2.52. The summed E-state index contributed by atoms with van der Waals surface area (Å²) in [5.74, 6) is 1.35. The van der Waals surface area contributed by atoms with Gasteiger partial charge in [0.05, 0.1) is 5.69 Å². The third-order valence-electron chi connectivity index (χ3n) is 1.75. The Morgan fingerprint density at radius 3 is 3.00 bits per heavy atom. The van der Waals surface area contributed by atoms with Crippen molar-refractivity contribution in [2.75, 3.05) is 11.7 Å². The first-order chi connectivity index (χ1) is 5.74. The number of hydrogen-bond acceptors (Lipinski definition) is 2. The summed E-state index contributed by atoms with van der Waals surface area (Å²) in [6.45, 7) is 1.99. The first-order valence-electron chi connectivity index (χ1n) is 3.67. The molecule has 0 saturated carbocycles. The van der Waals surface area contributed by atoms with Crippen molar-refractivity contribution in [3.05, 3.63) is 17.2 Å². The summed E-state index contributed by atoms with van der Waals surface area (Å²) in [7, 11) is 0. The highest BCUT2D eigenvalue weighted by molar-refractivity contribution is 6.35. The van der Waals surface area contributed by atoms with Crippen LogP contribution in [-0.2, 0) is 0 Å². The van der Waals surface area contributed by atoms with Gasteiger partial charge in [0.2, 0.25) is 0 Å². The Kier molecular flexibility index (Phi) is 1.61. The molecule has 1 aliphatic heterocycles. The molecule has 0 spiro atoms. The van der Waals surface area contributed by atoms with Crippen LogP contribution in [0.15, 0.2) is 12.1 Å². The fraction of sp³-hybridized carbons (Fsp3) is 0.250. The van der Waals surface area contributed by atoms with Gasteiger partial charge in [-0.25, -0.2) is 5.12 Å². The minimum Gasteiger partial charge on any atom is -0.448 e. The highest BCUT2D eigenvalue weighted by Gasteiger charge is 2.27. The van der Waals surface area contributed by atoms with Crippen molar-refractivity contribution in [2.45, 2.75) is 6.92 Å². The molecule has 0 atom stereocenters. The van der Waals surface area contributed by atoms with Crippen molar-refractivity contribution >= 4 is 17.3 Å². The Morgan fingerprint density at radius 2 is 2.33 bits per heavy atom. The third-order valence-corrected chi connectivity index (χ3v) is 2.12. The summed E-state index contributed by atoms with van der Waals surface area (Å²) < 4.78 is 18.0. The monoisotopic (exact) mass is 187 g/mol. The van der Waals surface area contributed by atoms with Crippen LogP contribution in [0.2, 0.25) is 5.02 Å². The summed E-state index contributed by atoms with van der Waals surface area (Å²) in [5.41, 5.74) is 0.371. The number of fused-ring (bicyclic) bond motifs is 1. The van der Waals surface area contributed by atoms with Gasteiger partial charge in [-0.15, -0.1) is 0 Å². The lowest BCUT2D eigenvalue weighted by atomic mass is 10.3. The summed E-state index contributed by atoms with van der Waals surface area (Å²) in [6, 6.07) is 3.32. The van der Waals surface area contributed by atoms with Gasteiger partial charge in [-0.05, 0) is 19.1 Å². The molecule has 0 saturated heterocycles. The van der Waals surface area contributed by atoms with Crippen LogP contribution in [0.5, 0.6) is 11.5 Å². The molecule has 2 rings (SSSR count). The highest BCUT2D eigenvalue weighted by atomic mass is 35.5. The van der Waals surface area contributed by atoms with Gasteiger partial charge in [-0.2, -0.15) is 0 Å². The molecule has 0 bridgehead atoms. The molecular weight excluding hydrogens is 181 g/mol. The Bertz CT molecular complexity index is 329. The van der Waals surface area contributed by atoms with Gasteiger partial charge in [-0.3, -0.25) is 0 Å². The number of ether oxygens (including phenoxy) is 1. The second-order valence-corrected chi connectivity index (χ2v) is 2.88. The lowest BCUT2D eigenvalue weighted by Gasteiger charge is -2.10. The quantitative estimate of drug-likeness (QED) is 0.530. The fourth-order valence-electron chi connectivity index (χ4n) is 1.05. The number of benzene rings is 1. The van der Waals surface area contributed by atoms with Gasteiger partial charge in [0.25, 0.3) is 0 Å². The number of hydrogen-bond donors (Lipinski definition) is 0. The van der Waals surface area contributed by atoms with Gasteiger partial charge in [0.1, 0.15) is 5.02 Å². The first kappa shape index (κ1) is 7.68. The normalized spacial score (nSPS) is 11.9. The van der Waals surface area contributed by atoms with E-state index in [0.29, 0.717) is 21.6 Å². The lowest BCUT2D eigenvalue weighted by molar-refractivity contribution is 0.445. The molecule has 4 heteroatoms. The average Bonchev–Trinajstić information content (AvgIpc) is 2.83. The van der Waals surface area contributed by atoms with E-state index < -0.39 is 0 Å². The van der Waals surface area contributed by atoms with Crippen molar-refractivity contribution in [1.82, 2.24) is 0 Å². The number of rotatable bonds is 2. The van der Waals surface area contributed by atoms with Gasteiger partial charge < -0.3 is 4.74 Å². The number of nitrogens with zero attached hydrogens (tertiary/aromatic N) is 1. The van der Waals surface area contributed by atoms with Crippen LogP contribution < -0.4 is 9.86 Å². The van der Waals surface area contributed by atoms with Crippen LogP contribution >= 0.6 is 11.6 Å². The molecule has 0 amide bonds. The maximum Gasteiger partial charge on any atom is 0.190 e. The molecule has 2 nitrogen and oxygen atoms in total. The van der Waals surface area contributed by atoms with Crippen molar-refractivity contribution in [3.8, 4) is 11.5 Å². The van der Waals surface area contributed by atoms with E-state index in [9.17, 15) is 4.48 Å². The maximum atomic E-state index is 13.0. The van der Waals surface area contributed by atoms with Gasteiger partial charge in [0.15, 0.2) is 11.5 Å². The van der Waals surface area contributed by atoms with Crippen LogP contribution in [-0.4, -0.2) is 6.54 Å². The molecule has 1 aromatic carbocycles. The smallest absolute Gasteiger partial charge is 0.190 e. The Hall–Kier alpha value is -0.960. The SMILES string of the molecule is CCN(F)c1ccc2c(c1Cl)O2. The zero-order chi connectivity index (χ0) is 8.72. The maximum absolute atomic E-state index is 13.0. The van der Waals surface area contributed by atoms with Crippen LogP contribution in [0.4, 0.5) is 10.2 Å². The zero-order valence-electron chi connectivity index (χ0n) is 6.47. The molecule has 0 unspecified atom stereocenters. The van der Waals surface area contributed by atoms with E-state index in [1.807, 2.05) is 0 Å². The summed E-state index contributed by atoms with van der Waals surface area (Å²) in [6.07, 6.45) is 0. The highest BCUT2D eigenvalue weighted by Crippen LogP contribution is 2.54. The standard InChI is InChI=1S/C8H7ClFNO/c1-2-11(10)5-3-4-6-8(12-6)7(5)9/h3-4H,2H2,1H3. The van der Waals surface area contributed by atoms with Crippen molar-refractivity contribution < 1.29 is 9.22 Å². The molecule has 1 aliphatic rings. The van der Waals surface area contributed by atoms with Gasteiger partial charge >= 0.3 is 0 Å². The largest absolute Gasteiger partial charge is 0.448 e. The first-order valence-corrected chi connectivity index (χ1v) is 4.05. The second-order valence-electron chi connectivity index (χ2n) is 2.51. The van der Waals surface area contributed by atoms with E-state index in [4.69, 9.17) is 16.3 Å². The summed E-state index contributed by atoms with van der Waals surface area (Å²) in [4.78, 5) is 0. The van der Waals surface area contributed by atoms with Crippen LogP contribution in [0.1, 0.15) is 6.92 Å². The lowest BCUT2D eigenvalue weighted by Crippen LogP contribution is -2.09. The summed E-state index contributed by atoms with van der Waals surface area (Å²) >= 11 is 5.81. The van der Waals surface area contributed by atoms with Crippen LogP contribution in [0.3, 0.4) is 0 Å². The van der Waals surface area contributed by atoms with Gasteiger partial charge in [-0.1, -0.05) is 16.1 Å². The van der Waals surface area contributed by atoms with E-state index in [1.165, 1.54) is 0 Å². The minimum absolute atomic E-state index is 0.276. The molecule has 0 N–H and O–H groups in total. The topological polar surface area (TPSA) is 15.8 Å². The van der Waals surface area contributed by atoms with E-state index >= 15 is 0 Å². The van der Waals surface area contributed by atoms with Crippen molar-refractivity contribution in [3.63, 3.8) is 0 Å². The summed E-state index contributed by atoms with van der Waals surface area (Å²) in [5, 5.41) is 0.946. The molecule has 0 aliphatic carbocycles. The van der Waals surface area contributed by atoms with Crippen LogP contribution in [0, 0.1) is 0 Å². The zero-order valence-corrected chi connectivity index (χ0v) is 7.23. The van der Waals surface area contributed by atoms with Crippen molar-refractivity contribution in [2.24, 2.45) is 0 Å². The average molecular weight is 188 g/mol. The molecule has 1 aromatic rings. The molecule has 0 radical (unpaired) electrons. The molecular formula is C8H7ClFNO. The molecule has 0 fully saturated rings. The molecule has 0 aromatic heterocycles. The van der Waals surface area contributed by atoms with Crippen molar-refractivity contribution in [1.29, 1.82) is 0 Å². The Balaban J connectivity index is 2.40. The van der Waals surface area contributed by atoms with Gasteiger partial charge in [0, 0.05) is 6.54 Å². The predicted octanol–water partition coefficient (Wildman–Crippen LogP) is 3.16. The Labute approximate surface area is 74.4 Å². The molecule has 1 heterocycles. The number of anilines is 1. The third kappa shape index (κ3) is 1.01.